The molecule has 1 spiro atoms. The normalized spacial score (nSPS) is 27.5. The third-order valence-electron chi connectivity index (χ3n) is 5.31. The number of aryl methyl sites for hydroxylation is 2. The molecule has 1 atom stereocenters. The highest BCUT2D eigenvalue weighted by Crippen LogP contribution is 2.38. The van der Waals surface area contributed by atoms with Crippen LogP contribution in [0.3, 0.4) is 0 Å². The fourth-order valence-corrected chi connectivity index (χ4v) is 4.15. The van der Waals surface area contributed by atoms with Gasteiger partial charge in [0, 0.05) is 13.1 Å². The molecule has 1 unspecified atom stereocenters. The second-order valence-electron chi connectivity index (χ2n) is 7.05. The summed E-state index contributed by atoms with van der Waals surface area (Å²) in [7, 11) is 1.82. The molecule has 1 amide bonds. The van der Waals surface area contributed by atoms with Gasteiger partial charge in [0.15, 0.2) is 0 Å². The lowest BCUT2D eigenvalue weighted by Crippen LogP contribution is -2.63. The van der Waals surface area contributed by atoms with Gasteiger partial charge in [-0.05, 0) is 45.3 Å². The smallest absolute Gasteiger partial charge is 0.272 e. The van der Waals surface area contributed by atoms with E-state index in [1.807, 2.05) is 24.9 Å². The largest absolute Gasteiger partial charge is 0.370 e. The Morgan fingerprint density at radius 1 is 1.36 bits per heavy atom. The van der Waals surface area contributed by atoms with Gasteiger partial charge in [-0.3, -0.25) is 14.4 Å². The molecule has 22 heavy (non-hydrogen) atoms. The number of nitrogens with zero attached hydrogens (tertiary/aromatic N) is 4. The zero-order valence-corrected chi connectivity index (χ0v) is 13.4. The minimum atomic E-state index is -0.0868. The van der Waals surface area contributed by atoms with Crippen LogP contribution in [0.25, 0.3) is 0 Å². The van der Waals surface area contributed by atoms with E-state index in [4.69, 9.17) is 4.74 Å². The van der Waals surface area contributed by atoms with Crippen LogP contribution in [0.15, 0.2) is 6.07 Å². The maximum atomic E-state index is 12.5. The summed E-state index contributed by atoms with van der Waals surface area (Å²) in [4.78, 5) is 17.0. The fraction of sp³-hybridized carbons (Fsp3) is 0.750. The molecular formula is C16H24N4O2. The number of carbonyl (C=O) groups is 1. The minimum absolute atomic E-state index is 0.0712. The lowest BCUT2D eigenvalue weighted by Gasteiger charge is -2.47. The van der Waals surface area contributed by atoms with E-state index in [1.165, 1.54) is 25.9 Å². The van der Waals surface area contributed by atoms with Crippen molar-refractivity contribution in [1.29, 1.82) is 0 Å². The Balaban J connectivity index is 1.37. The highest BCUT2D eigenvalue weighted by Gasteiger charge is 2.52. The van der Waals surface area contributed by atoms with Crippen LogP contribution < -0.4 is 0 Å². The van der Waals surface area contributed by atoms with Gasteiger partial charge in [0.2, 0.25) is 0 Å². The van der Waals surface area contributed by atoms with Crippen molar-refractivity contribution in [2.45, 2.75) is 37.8 Å². The number of carbonyl (C=O) groups excluding carboxylic acids is 1. The summed E-state index contributed by atoms with van der Waals surface area (Å²) in [6.07, 6.45) is 3.70. The fourth-order valence-electron chi connectivity index (χ4n) is 4.15. The number of likely N-dealkylation sites (tertiary alicyclic amines) is 2. The Kier molecular flexibility index (Phi) is 3.27. The molecule has 3 aliphatic heterocycles. The Hall–Kier alpha value is -1.40. The first-order chi connectivity index (χ1) is 10.6. The molecule has 1 aromatic heterocycles. The minimum Gasteiger partial charge on any atom is -0.370 e. The monoisotopic (exact) mass is 304 g/mol. The molecule has 3 aliphatic rings. The number of hydrogen-bond donors (Lipinski definition) is 0. The molecule has 0 saturated carbocycles. The number of aromatic nitrogens is 2. The number of rotatable bonds is 2. The summed E-state index contributed by atoms with van der Waals surface area (Å²) in [6.45, 7) is 6.60. The molecule has 3 saturated heterocycles. The summed E-state index contributed by atoms with van der Waals surface area (Å²) in [6, 6.07) is 2.41. The molecule has 120 valence electrons. The van der Waals surface area contributed by atoms with E-state index in [0.29, 0.717) is 11.7 Å². The average molecular weight is 304 g/mol. The predicted octanol–water partition coefficient (Wildman–Crippen LogP) is 0.808. The summed E-state index contributed by atoms with van der Waals surface area (Å²) in [5.41, 5.74) is 1.46. The van der Waals surface area contributed by atoms with Gasteiger partial charge in [-0.25, -0.2) is 0 Å². The molecule has 1 aromatic rings. The van der Waals surface area contributed by atoms with Gasteiger partial charge in [0.1, 0.15) is 11.3 Å². The Morgan fingerprint density at radius 2 is 2.09 bits per heavy atom. The second-order valence-corrected chi connectivity index (χ2v) is 7.05. The molecule has 0 bridgehead atoms. The summed E-state index contributed by atoms with van der Waals surface area (Å²) in [5.74, 6) is 0.0712. The predicted molar refractivity (Wildman–Crippen MR) is 81.7 cm³/mol. The average Bonchev–Trinajstić information content (AvgIpc) is 3.14. The van der Waals surface area contributed by atoms with E-state index in [2.05, 4.69) is 10.00 Å². The standard InChI is InChI=1S/C16H24N4O2/c1-12-7-14(18(2)17-12)15(21)20-10-16(11-20)8-13(9-22-16)19-5-3-4-6-19/h7,13H,3-6,8-11H2,1-2H3. The Labute approximate surface area is 131 Å². The van der Waals surface area contributed by atoms with E-state index in [9.17, 15) is 4.79 Å². The van der Waals surface area contributed by atoms with Gasteiger partial charge in [-0.2, -0.15) is 5.10 Å². The summed E-state index contributed by atoms with van der Waals surface area (Å²) in [5, 5.41) is 4.26. The van der Waals surface area contributed by atoms with Crippen molar-refractivity contribution >= 4 is 5.91 Å². The zero-order valence-electron chi connectivity index (χ0n) is 13.4. The van der Waals surface area contributed by atoms with Crippen molar-refractivity contribution in [3.63, 3.8) is 0 Å². The topological polar surface area (TPSA) is 50.6 Å². The molecule has 3 fully saturated rings. The van der Waals surface area contributed by atoms with E-state index < -0.39 is 0 Å². The maximum absolute atomic E-state index is 12.5. The molecule has 0 N–H and O–H groups in total. The van der Waals surface area contributed by atoms with Crippen molar-refractivity contribution < 1.29 is 9.53 Å². The number of amides is 1. The first kappa shape index (κ1) is 14.2. The third-order valence-corrected chi connectivity index (χ3v) is 5.31. The van der Waals surface area contributed by atoms with E-state index in [1.54, 1.807) is 4.68 Å². The lowest BCUT2D eigenvalue weighted by molar-refractivity contribution is -0.0953. The lowest BCUT2D eigenvalue weighted by atomic mass is 9.88. The Bertz CT molecular complexity index is 585. The van der Waals surface area contributed by atoms with Crippen molar-refractivity contribution in [3.05, 3.63) is 17.5 Å². The van der Waals surface area contributed by atoms with Crippen molar-refractivity contribution in [2.75, 3.05) is 32.8 Å². The highest BCUT2D eigenvalue weighted by molar-refractivity contribution is 5.93. The molecule has 0 aliphatic carbocycles. The van der Waals surface area contributed by atoms with Crippen LogP contribution in [0, 0.1) is 6.92 Å². The van der Waals surface area contributed by atoms with Crippen LogP contribution in [0.2, 0.25) is 0 Å². The molecule has 4 heterocycles. The van der Waals surface area contributed by atoms with Crippen LogP contribution >= 0.6 is 0 Å². The molecular weight excluding hydrogens is 280 g/mol. The van der Waals surface area contributed by atoms with Crippen molar-refractivity contribution in [2.24, 2.45) is 7.05 Å². The summed E-state index contributed by atoms with van der Waals surface area (Å²) >= 11 is 0. The van der Waals surface area contributed by atoms with Crippen LogP contribution in [-0.2, 0) is 11.8 Å². The van der Waals surface area contributed by atoms with Gasteiger partial charge in [-0.1, -0.05) is 0 Å². The number of hydrogen-bond acceptors (Lipinski definition) is 4. The quantitative estimate of drug-likeness (QED) is 0.811. The van der Waals surface area contributed by atoms with Crippen molar-refractivity contribution in [3.8, 4) is 0 Å². The van der Waals surface area contributed by atoms with Gasteiger partial charge < -0.3 is 9.64 Å². The van der Waals surface area contributed by atoms with Crippen LogP contribution in [-0.4, -0.2) is 69.9 Å². The Morgan fingerprint density at radius 3 is 2.73 bits per heavy atom. The SMILES string of the molecule is Cc1cc(C(=O)N2CC3(CC(N4CCCC4)CO3)C2)n(C)n1. The highest BCUT2D eigenvalue weighted by atomic mass is 16.5. The number of ether oxygens (including phenoxy) is 1. The first-order valence-corrected chi connectivity index (χ1v) is 8.24. The van der Waals surface area contributed by atoms with Gasteiger partial charge >= 0.3 is 0 Å². The third kappa shape index (κ3) is 2.25. The van der Waals surface area contributed by atoms with Crippen LogP contribution in [0.1, 0.15) is 35.4 Å². The summed E-state index contributed by atoms with van der Waals surface area (Å²) < 4.78 is 7.77. The molecule has 4 rings (SSSR count). The van der Waals surface area contributed by atoms with E-state index in [0.717, 1.165) is 31.8 Å². The molecule has 6 heteroatoms. The zero-order chi connectivity index (χ0) is 15.3. The van der Waals surface area contributed by atoms with Crippen LogP contribution in [0.4, 0.5) is 0 Å². The molecule has 0 aromatic carbocycles. The van der Waals surface area contributed by atoms with Gasteiger partial charge in [0.05, 0.1) is 25.4 Å². The van der Waals surface area contributed by atoms with Gasteiger partial charge in [0.25, 0.3) is 5.91 Å². The first-order valence-electron chi connectivity index (χ1n) is 8.24. The maximum Gasteiger partial charge on any atom is 0.272 e. The van der Waals surface area contributed by atoms with Crippen LogP contribution in [0.5, 0.6) is 0 Å². The van der Waals surface area contributed by atoms with Crippen molar-refractivity contribution in [1.82, 2.24) is 19.6 Å². The molecule has 6 nitrogen and oxygen atoms in total. The van der Waals surface area contributed by atoms with E-state index >= 15 is 0 Å². The molecule has 0 radical (unpaired) electrons. The van der Waals surface area contributed by atoms with Gasteiger partial charge in [-0.15, -0.1) is 0 Å². The second kappa shape index (κ2) is 5.06. The van der Waals surface area contributed by atoms with E-state index in [-0.39, 0.29) is 11.5 Å².